The van der Waals surface area contributed by atoms with Gasteiger partial charge in [-0.3, -0.25) is 0 Å². The summed E-state index contributed by atoms with van der Waals surface area (Å²) in [4.78, 5) is 12.5. The first kappa shape index (κ1) is 17.2. The van der Waals surface area contributed by atoms with Crippen LogP contribution in [-0.4, -0.2) is 34.5 Å². The van der Waals surface area contributed by atoms with E-state index in [1.165, 1.54) is 24.3 Å². The van der Waals surface area contributed by atoms with Crippen LogP contribution in [0.15, 0.2) is 55.1 Å². The van der Waals surface area contributed by atoms with Crippen LogP contribution < -0.4 is 4.72 Å². The van der Waals surface area contributed by atoms with Gasteiger partial charge in [0.1, 0.15) is 5.82 Å². The summed E-state index contributed by atoms with van der Waals surface area (Å²) in [7, 11) is -3.52. The zero-order valence-electron chi connectivity index (χ0n) is 13.2. The number of sulfonamides is 1. The van der Waals surface area contributed by atoms with Gasteiger partial charge in [0.05, 0.1) is 5.75 Å². The van der Waals surface area contributed by atoms with Gasteiger partial charge < -0.3 is 4.57 Å². The van der Waals surface area contributed by atoms with Crippen molar-refractivity contribution in [1.29, 1.82) is 0 Å². The molecule has 0 amide bonds. The number of benzene rings is 1. The van der Waals surface area contributed by atoms with Crippen LogP contribution in [0.1, 0.15) is 5.56 Å². The van der Waals surface area contributed by atoms with Crippen molar-refractivity contribution in [2.75, 3.05) is 6.54 Å². The summed E-state index contributed by atoms with van der Waals surface area (Å²) in [6, 6.07) is 7.09. The molecular formula is C16H16FN5O2S. The molecule has 0 aliphatic carbocycles. The predicted octanol–water partition coefficient (Wildman–Crippen LogP) is 1.60. The minimum absolute atomic E-state index is 0.194. The number of hydrogen-bond acceptors (Lipinski definition) is 5. The molecule has 25 heavy (non-hydrogen) atoms. The number of hydrogen-bond donors (Lipinski definition) is 1. The number of halogens is 1. The van der Waals surface area contributed by atoms with Gasteiger partial charge in [0.15, 0.2) is 11.6 Å². The van der Waals surface area contributed by atoms with E-state index < -0.39 is 15.8 Å². The fourth-order valence-corrected chi connectivity index (χ4v) is 3.42. The van der Waals surface area contributed by atoms with Gasteiger partial charge >= 0.3 is 0 Å². The third kappa shape index (κ3) is 4.68. The Morgan fingerprint density at radius 3 is 2.48 bits per heavy atom. The Balaban J connectivity index is 1.60. The summed E-state index contributed by atoms with van der Waals surface area (Å²) < 4.78 is 41.4. The standard InChI is InChI=1S/C16H16FN5O2S/c17-14-4-2-13(3-5-14)12-25(23,24)21-9-11-22-10-8-20-16(22)15-18-6-1-7-19-15/h1-8,10,21H,9,11-12H2. The highest BCUT2D eigenvalue weighted by molar-refractivity contribution is 7.88. The van der Waals surface area contributed by atoms with E-state index >= 15 is 0 Å². The largest absolute Gasteiger partial charge is 0.327 e. The molecule has 2 aromatic heterocycles. The zero-order chi connectivity index (χ0) is 17.7. The molecule has 0 saturated carbocycles. The van der Waals surface area contributed by atoms with Crippen molar-refractivity contribution in [3.05, 3.63) is 66.5 Å². The lowest BCUT2D eigenvalue weighted by atomic mass is 10.2. The Kier molecular flexibility index (Phi) is 5.15. The summed E-state index contributed by atoms with van der Waals surface area (Å²) in [5, 5.41) is 0. The number of rotatable bonds is 7. The molecule has 7 nitrogen and oxygen atoms in total. The maximum Gasteiger partial charge on any atom is 0.215 e. The molecule has 3 rings (SSSR count). The van der Waals surface area contributed by atoms with Crippen LogP contribution >= 0.6 is 0 Å². The number of nitrogens with zero attached hydrogens (tertiary/aromatic N) is 4. The molecule has 0 aliphatic heterocycles. The Morgan fingerprint density at radius 1 is 1.04 bits per heavy atom. The van der Waals surface area contributed by atoms with Crippen molar-refractivity contribution in [3.63, 3.8) is 0 Å². The summed E-state index contributed by atoms with van der Waals surface area (Å²) >= 11 is 0. The van der Waals surface area contributed by atoms with E-state index in [-0.39, 0.29) is 12.3 Å². The summed E-state index contributed by atoms with van der Waals surface area (Å²) in [6.45, 7) is 0.579. The molecule has 1 aromatic carbocycles. The zero-order valence-corrected chi connectivity index (χ0v) is 14.0. The van der Waals surface area contributed by atoms with Crippen molar-refractivity contribution >= 4 is 10.0 Å². The highest BCUT2D eigenvalue weighted by atomic mass is 32.2. The SMILES string of the molecule is O=S(=O)(Cc1ccc(F)cc1)NCCn1ccnc1-c1ncccn1. The second-order valence-electron chi connectivity index (χ2n) is 5.30. The average molecular weight is 361 g/mol. The van der Waals surface area contributed by atoms with E-state index in [9.17, 15) is 12.8 Å². The molecule has 0 unspecified atom stereocenters. The molecule has 0 saturated heterocycles. The van der Waals surface area contributed by atoms with Crippen molar-refractivity contribution in [2.45, 2.75) is 12.3 Å². The molecule has 0 spiro atoms. The second-order valence-corrected chi connectivity index (χ2v) is 7.10. The van der Waals surface area contributed by atoms with Gasteiger partial charge in [-0.25, -0.2) is 32.5 Å². The van der Waals surface area contributed by atoms with E-state index in [1.807, 2.05) is 0 Å². The van der Waals surface area contributed by atoms with Crippen LogP contribution in [0.4, 0.5) is 4.39 Å². The van der Waals surface area contributed by atoms with E-state index in [0.29, 0.717) is 23.8 Å². The lowest BCUT2D eigenvalue weighted by Crippen LogP contribution is -2.28. The molecule has 9 heteroatoms. The molecule has 3 aromatic rings. The first-order valence-electron chi connectivity index (χ1n) is 7.54. The third-order valence-electron chi connectivity index (χ3n) is 3.43. The van der Waals surface area contributed by atoms with Crippen LogP contribution in [-0.2, 0) is 22.3 Å². The molecule has 0 radical (unpaired) electrons. The normalized spacial score (nSPS) is 11.6. The van der Waals surface area contributed by atoms with Crippen LogP contribution in [0, 0.1) is 5.82 Å². The second kappa shape index (κ2) is 7.49. The smallest absolute Gasteiger partial charge is 0.215 e. The van der Waals surface area contributed by atoms with E-state index in [1.54, 1.807) is 35.4 Å². The Morgan fingerprint density at radius 2 is 1.76 bits per heavy atom. The van der Waals surface area contributed by atoms with Gasteiger partial charge in [0.25, 0.3) is 0 Å². The molecule has 0 aliphatic rings. The molecular weight excluding hydrogens is 345 g/mol. The van der Waals surface area contributed by atoms with Crippen LogP contribution in [0.5, 0.6) is 0 Å². The van der Waals surface area contributed by atoms with Crippen molar-refractivity contribution in [2.24, 2.45) is 0 Å². The maximum absolute atomic E-state index is 12.9. The third-order valence-corrected chi connectivity index (χ3v) is 4.78. The molecule has 0 atom stereocenters. The monoisotopic (exact) mass is 361 g/mol. The maximum atomic E-state index is 12.9. The van der Waals surface area contributed by atoms with Crippen molar-refractivity contribution in [1.82, 2.24) is 24.2 Å². The first-order chi connectivity index (χ1) is 12.0. The highest BCUT2D eigenvalue weighted by Crippen LogP contribution is 2.11. The fraction of sp³-hybridized carbons (Fsp3) is 0.188. The van der Waals surface area contributed by atoms with Crippen molar-refractivity contribution < 1.29 is 12.8 Å². The predicted molar refractivity (Wildman–Crippen MR) is 90.3 cm³/mol. The lowest BCUT2D eigenvalue weighted by molar-refractivity contribution is 0.572. The summed E-state index contributed by atoms with van der Waals surface area (Å²) in [5.41, 5.74) is 0.523. The number of nitrogens with one attached hydrogen (secondary N) is 1. The van der Waals surface area contributed by atoms with Crippen LogP contribution in [0.2, 0.25) is 0 Å². The minimum atomic E-state index is -3.52. The molecule has 1 N–H and O–H groups in total. The number of aromatic nitrogens is 4. The Bertz CT molecular complexity index is 927. The quantitative estimate of drug-likeness (QED) is 0.690. The van der Waals surface area contributed by atoms with Crippen LogP contribution in [0.25, 0.3) is 11.6 Å². The van der Waals surface area contributed by atoms with E-state index in [4.69, 9.17) is 0 Å². The van der Waals surface area contributed by atoms with E-state index in [0.717, 1.165) is 0 Å². The van der Waals surface area contributed by atoms with Gasteiger partial charge in [-0.15, -0.1) is 0 Å². The summed E-state index contributed by atoms with van der Waals surface area (Å²) in [5.74, 6) is 0.441. The first-order valence-corrected chi connectivity index (χ1v) is 9.19. The fourth-order valence-electron chi connectivity index (χ4n) is 2.28. The molecule has 0 bridgehead atoms. The van der Waals surface area contributed by atoms with Crippen LogP contribution in [0.3, 0.4) is 0 Å². The summed E-state index contributed by atoms with van der Waals surface area (Å²) in [6.07, 6.45) is 6.58. The average Bonchev–Trinajstić information content (AvgIpc) is 3.06. The van der Waals surface area contributed by atoms with Crippen molar-refractivity contribution in [3.8, 4) is 11.6 Å². The van der Waals surface area contributed by atoms with E-state index in [2.05, 4.69) is 19.7 Å². The van der Waals surface area contributed by atoms with Gasteiger partial charge in [0.2, 0.25) is 10.0 Å². The Hall–Kier alpha value is -2.65. The minimum Gasteiger partial charge on any atom is -0.327 e. The topological polar surface area (TPSA) is 89.8 Å². The van der Waals surface area contributed by atoms with Gasteiger partial charge in [0, 0.05) is 37.9 Å². The molecule has 130 valence electrons. The van der Waals surface area contributed by atoms with Gasteiger partial charge in [-0.1, -0.05) is 12.1 Å². The van der Waals surface area contributed by atoms with Gasteiger partial charge in [-0.2, -0.15) is 0 Å². The Labute approximate surface area is 144 Å². The number of imidazole rings is 1. The highest BCUT2D eigenvalue weighted by Gasteiger charge is 2.13. The molecule has 2 heterocycles. The lowest BCUT2D eigenvalue weighted by Gasteiger charge is -2.09. The van der Waals surface area contributed by atoms with Gasteiger partial charge in [-0.05, 0) is 23.8 Å². The molecule has 0 fully saturated rings.